The Bertz CT molecular complexity index is 618. The largest absolute Gasteiger partial charge is 0.508 e. The first kappa shape index (κ1) is 17.1. The van der Waals surface area contributed by atoms with E-state index in [-0.39, 0.29) is 29.9 Å². The van der Waals surface area contributed by atoms with Crippen LogP contribution in [0.15, 0.2) is 6.33 Å². The highest BCUT2D eigenvalue weighted by Crippen LogP contribution is 2.36. The zero-order valence-electron chi connectivity index (χ0n) is 12.8. The Hall–Kier alpha value is -2.29. The first-order valence-electron chi connectivity index (χ1n) is 6.70. The predicted molar refractivity (Wildman–Crippen MR) is 79.0 cm³/mol. The van der Waals surface area contributed by atoms with E-state index in [9.17, 15) is 14.7 Å². The number of halogens is 1. The summed E-state index contributed by atoms with van der Waals surface area (Å²) in [5, 5.41) is 9.40. The van der Waals surface area contributed by atoms with Gasteiger partial charge in [0.25, 0.3) is 0 Å². The number of amides is 1. The molecule has 0 fully saturated rings. The van der Waals surface area contributed by atoms with Crippen LogP contribution < -0.4 is 9.64 Å². The van der Waals surface area contributed by atoms with Crippen LogP contribution in [0.1, 0.15) is 20.8 Å². The topological polar surface area (TPSA) is 111 Å². The summed E-state index contributed by atoms with van der Waals surface area (Å²) >= 11 is 5.86. The molecule has 1 amide bonds. The fourth-order valence-electron chi connectivity index (χ4n) is 1.88. The van der Waals surface area contributed by atoms with E-state index in [1.54, 1.807) is 20.8 Å². The number of rotatable bonds is 2. The van der Waals surface area contributed by atoms with E-state index in [2.05, 4.69) is 9.97 Å². The maximum atomic E-state index is 11.6. The molecule has 1 aromatic heterocycles. The van der Waals surface area contributed by atoms with E-state index in [4.69, 9.17) is 25.8 Å². The smallest absolute Gasteiger partial charge is 0.484 e. The monoisotopic (exact) mass is 345 g/mol. The number of nitrogens with zero attached hydrogens (tertiary/aromatic N) is 3. The van der Waals surface area contributed by atoms with Gasteiger partial charge in [-0.25, -0.2) is 24.5 Å². The summed E-state index contributed by atoms with van der Waals surface area (Å²) < 4.78 is 15.3. The summed E-state index contributed by atoms with van der Waals surface area (Å²) in [6.45, 7) is 4.77. The fourth-order valence-corrected chi connectivity index (χ4v) is 2.06. The summed E-state index contributed by atoms with van der Waals surface area (Å²) in [6.07, 6.45) is -1.05. The Morgan fingerprint density at radius 3 is 2.78 bits per heavy atom. The average molecular weight is 346 g/mol. The summed E-state index contributed by atoms with van der Waals surface area (Å²) in [7, 11) is 0. The van der Waals surface area contributed by atoms with Gasteiger partial charge in [0.15, 0.2) is 16.7 Å². The molecule has 0 bridgehead atoms. The molecule has 1 aliphatic rings. The van der Waals surface area contributed by atoms with Crippen LogP contribution in [0, 0.1) is 0 Å². The van der Waals surface area contributed by atoms with Gasteiger partial charge < -0.3 is 19.3 Å². The molecule has 23 heavy (non-hydrogen) atoms. The molecule has 0 radical (unpaired) electrons. The lowest BCUT2D eigenvalue weighted by molar-refractivity contribution is -0.0116. The van der Waals surface area contributed by atoms with Crippen molar-refractivity contribution in [2.45, 2.75) is 32.4 Å². The molecule has 0 aliphatic carbocycles. The molecular formula is C13H16ClN3O6. The van der Waals surface area contributed by atoms with Gasteiger partial charge in [-0.05, 0) is 20.8 Å². The highest BCUT2D eigenvalue weighted by Gasteiger charge is 2.36. The molecule has 1 aliphatic heterocycles. The first-order valence-corrected chi connectivity index (χ1v) is 7.08. The third-order valence-corrected chi connectivity index (χ3v) is 3.01. The second-order valence-corrected chi connectivity index (χ2v) is 6.07. The number of carbonyl (C=O) groups is 2. The summed E-state index contributed by atoms with van der Waals surface area (Å²) in [4.78, 5) is 31.6. The second kappa shape index (κ2) is 6.45. The molecule has 126 valence electrons. The van der Waals surface area contributed by atoms with Crippen LogP contribution >= 0.6 is 11.6 Å². The third kappa shape index (κ3) is 4.13. The van der Waals surface area contributed by atoms with Gasteiger partial charge in [0.05, 0.1) is 0 Å². The third-order valence-electron chi connectivity index (χ3n) is 2.74. The minimum absolute atomic E-state index is 0.00142. The Morgan fingerprint density at radius 1 is 1.48 bits per heavy atom. The number of anilines is 1. The van der Waals surface area contributed by atoms with Crippen LogP contribution in [0.25, 0.3) is 0 Å². The van der Waals surface area contributed by atoms with E-state index in [0.717, 1.165) is 11.2 Å². The maximum absolute atomic E-state index is 11.6. The van der Waals surface area contributed by atoms with Gasteiger partial charge in [0.1, 0.15) is 31.2 Å². The van der Waals surface area contributed by atoms with Crippen LogP contribution in [0.5, 0.6) is 5.75 Å². The van der Waals surface area contributed by atoms with Gasteiger partial charge >= 0.3 is 12.2 Å². The number of hydrogen-bond donors (Lipinski definition) is 1. The van der Waals surface area contributed by atoms with Gasteiger partial charge in [0, 0.05) is 0 Å². The normalized spacial score (nSPS) is 17.0. The van der Waals surface area contributed by atoms with Crippen LogP contribution in [-0.2, 0) is 9.47 Å². The van der Waals surface area contributed by atoms with Crippen molar-refractivity contribution in [1.82, 2.24) is 9.97 Å². The molecule has 0 saturated heterocycles. The molecule has 0 spiro atoms. The Kier molecular flexibility index (Phi) is 4.79. The second-order valence-electron chi connectivity index (χ2n) is 5.71. The summed E-state index contributed by atoms with van der Waals surface area (Å²) in [6, 6.07) is -0.779. The van der Waals surface area contributed by atoms with Crippen LogP contribution in [-0.4, -0.2) is 52.2 Å². The first-order chi connectivity index (χ1) is 10.7. The zero-order chi connectivity index (χ0) is 17.2. The van der Waals surface area contributed by atoms with Gasteiger partial charge in [-0.15, -0.1) is 0 Å². The number of aromatic nitrogens is 2. The molecule has 1 aromatic rings. The minimum atomic E-state index is -1.28. The molecule has 0 saturated carbocycles. The highest BCUT2D eigenvalue weighted by molar-refractivity contribution is 6.31. The lowest BCUT2D eigenvalue weighted by atomic mass is 10.2. The molecule has 1 N–H and O–H groups in total. The van der Waals surface area contributed by atoms with Crippen molar-refractivity contribution in [3.63, 3.8) is 0 Å². The highest BCUT2D eigenvalue weighted by atomic mass is 35.5. The minimum Gasteiger partial charge on any atom is -0.484 e. The van der Waals surface area contributed by atoms with Gasteiger partial charge in [-0.1, -0.05) is 11.6 Å². The summed E-state index contributed by atoms with van der Waals surface area (Å²) in [5.41, 5.74) is -0.708. The molecule has 2 rings (SSSR count). The molecule has 10 heteroatoms. The average Bonchev–Trinajstić information content (AvgIpc) is 2.42. The van der Waals surface area contributed by atoms with Crippen molar-refractivity contribution >= 4 is 29.7 Å². The van der Waals surface area contributed by atoms with E-state index in [0.29, 0.717) is 0 Å². The molecule has 0 aromatic carbocycles. The van der Waals surface area contributed by atoms with E-state index in [1.807, 2.05) is 0 Å². The van der Waals surface area contributed by atoms with Crippen molar-refractivity contribution in [2.24, 2.45) is 0 Å². The standard InChI is InChI=1S/C13H16ClN3O6/c1-13(2,3)23-12(20)22-5-7-4-21-8-9(14)15-6-16-10(8)17(7)11(18)19/h6-7H,4-5H2,1-3H3,(H,18,19). The Labute approximate surface area is 137 Å². The number of fused-ring (bicyclic) bond motifs is 1. The quantitative estimate of drug-likeness (QED) is 0.642. The Morgan fingerprint density at radius 2 is 2.17 bits per heavy atom. The van der Waals surface area contributed by atoms with Crippen molar-refractivity contribution in [1.29, 1.82) is 0 Å². The number of carbonyl (C=O) groups excluding carboxylic acids is 1. The van der Waals surface area contributed by atoms with Crippen molar-refractivity contribution in [3.8, 4) is 5.75 Å². The van der Waals surface area contributed by atoms with Crippen molar-refractivity contribution < 1.29 is 28.9 Å². The van der Waals surface area contributed by atoms with Gasteiger partial charge in [0.2, 0.25) is 0 Å². The number of ether oxygens (including phenoxy) is 3. The van der Waals surface area contributed by atoms with Crippen LogP contribution in [0.4, 0.5) is 15.4 Å². The molecule has 2 heterocycles. The van der Waals surface area contributed by atoms with Gasteiger partial charge in [-0.2, -0.15) is 0 Å². The zero-order valence-corrected chi connectivity index (χ0v) is 13.5. The summed E-state index contributed by atoms with van der Waals surface area (Å²) in [5.74, 6) is 0.0756. The molecule has 1 unspecified atom stereocenters. The fraction of sp³-hybridized carbons (Fsp3) is 0.538. The lowest BCUT2D eigenvalue weighted by Gasteiger charge is -2.33. The van der Waals surface area contributed by atoms with E-state index in [1.165, 1.54) is 0 Å². The van der Waals surface area contributed by atoms with Gasteiger partial charge in [-0.3, -0.25) is 0 Å². The number of hydrogen-bond acceptors (Lipinski definition) is 7. The van der Waals surface area contributed by atoms with Crippen molar-refractivity contribution in [2.75, 3.05) is 18.1 Å². The van der Waals surface area contributed by atoms with E-state index >= 15 is 0 Å². The molecular weight excluding hydrogens is 330 g/mol. The maximum Gasteiger partial charge on any atom is 0.508 e. The SMILES string of the molecule is CC(C)(C)OC(=O)OCC1COc2c(Cl)ncnc2N1C(=O)O. The van der Waals surface area contributed by atoms with Crippen LogP contribution in [0.3, 0.4) is 0 Å². The predicted octanol–water partition coefficient (Wildman–Crippen LogP) is 2.33. The molecule has 1 atom stereocenters. The lowest BCUT2D eigenvalue weighted by Crippen LogP contribution is -2.49. The van der Waals surface area contributed by atoms with E-state index < -0.39 is 23.9 Å². The molecule has 9 nitrogen and oxygen atoms in total. The number of carboxylic acid groups (broad SMARTS) is 1. The van der Waals surface area contributed by atoms with Crippen LogP contribution in [0.2, 0.25) is 5.15 Å². The Balaban J connectivity index is 2.11. The van der Waals surface area contributed by atoms with Crippen molar-refractivity contribution in [3.05, 3.63) is 11.5 Å².